The fourth-order valence-corrected chi connectivity index (χ4v) is 3.11. The maximum absolute atomic E-state index is 11.6. The van der Waals surface area contributed by atoms with E-state index in [4.69, 9.17) is 8.92 Å². The topological polar surface area (TPSA) is 55.9 Å². The molecule has 6 heteroatoms. The van der Waals surface area contributed by atoms with Crippen LogP contribution in [-0.4, -0.2) is 50.0 Å². The number of rotatable bonds is 10. The Bertz CT molecular complexity index is 524. The Hall–Kier alpha value is -0.0700. The van der Waals surface area contributed by atoms with Crippen LogP contribution in [0.3, 0.4) is 0 Å². The van der Waals surface area contributed by atoms with Crippen LogP contribution < -0.4 is 4.18 Å². The molecule has 1 fully saturated rings. The molecule has 0 spiro atoms. The van der Waals surface area contributed by atoms with Crippen molar-refractivity contribution >= 4 is 39.7 Å². The molecule has 0 amide bonds. The van der Waals surface area contributed by atoms with E-state index in [1.165, 1.54) is 44.1 Å². The van der Waals surface area contributed by atoms with Gasteiger partial charge in [-0.2, -0.15) is 8.42 Å². The Kier molecular flexibility index (Phi) is 9.02. The Morgan fingerprint density at radius 1 is 1.09 bits per heavy atom. The molecule has 22 heavy (non-hydrogen) atoms. The molecule has 0 aromatic heterocycles. The fourth-order valence-electron chi connectivity index (χ4n) is 2.21. The van der Waals surface area contributed by atoms with Crippen molar-refractivity contribution in [2.45, 2.75) is 57.3 Å². The monoisotopic (exact) mass is 336 g/mol. The van der Waals surface area contributed by atoms with Crippen molar-refractivity contribution in [2.24, 2.45) is 0 Å². The normalized spacial score (nSPS) is 16.9. The Morgan fingerprint density at radius 3 is 2.27 bits per heavy atom. The van der Waals surface area contributed by atoms with E-state index >= 15 is 0 Å². The van der Waals surface area contributed by atoms with Crippen LogP contribution in [0.2, 0.25) is 0 Å². The van der Waals surface area contributed by atoms with E-state index in [0.29, 0.717) is 5.75 Å². The first-order valence-electron chi connectivity index (χ1n) is 7.75. The summed E-state index contributed by atoms with van der Waals surface area (Å²) in [6.07, 6.45) is 8.69. The number of hydrogen-bond acceptors (Lipinski definition) is 4. The van der Waals surface area contributed by atoms with Gasteiger partial charge in [0, 0.05) is 0 Å². The zero-order valence-electron chi connectivity index (χ0n) is 12.6. The van der Waals surface area contributed by atoms with Gasteiger partial charge >= 0.3 is 39.7 Å². The van der Waals surface area contributed by atoms with E-state index in [1.54, 1.807) is 12.1 Å². The number of hydrogen-bond donors (Lipinski definition) is 0. The summed E-state index contributed by atoms with van der Waals surface area (Å²) in [7, 11) is -3.61. The minimum atomic E-state index is -3.61. The summed E-state index contributed by atoms with van der Waals surface area (Å²) in [5.74, 6) is 0.359. The standard InChI is InChI=1S/C16H24O4S.Na.H/c1-2-3-4-5-6-7-8-14-9-11-15(12-10-14)20-21(17,18)16-13-19-16;;/h9-12,16H,2-8,13H2,1H3;;. The quantitative estimate of drug-likeness (QED) is 0.285. The van der Waals surface area contributed by atoms with Gasteiger partial charge < -0.3 is 8.92 Å². The van der Waals surface area contributed by atoms with E-state index in [-0.39, 0.29) is 36.2 Å². The van der Waals surface area contributed by atoms with Crippen LogP contribution in [0, 0.1) is 0 Å². The average Bonchev–Trinajstić information content (AvgIpc) is 3.29. The molecule has 0 radical (unpaired) electrons. The molecule has 4 nitrogen and oxygen atoms in total. The van der Waals surface area contributed by atoms with Crippen LogP contribution in [0.15, 0.2) is 24.3 Å². The first-order chi connectivity index (χ1) is 10.1. The Balaban J connectivity index is 0.00000242. The number of benzene rings is 1. The molecule has 0 N–H and O–H groups in total. The molecule has 0 aliphatic carbocycles. The second-order valence-electron chi connectivity index (χ2n) is 5.50. The molecule has 1 atom stereocenters. The third kappa shape index (κ3) is 7.01. The molecule has 1 unspecified atom stereocenters. The van der Waals surface area contributed by atoms with Crippen LogP contribution in [0.4, 0.5) is 0 Å². The van der Waals surface area contributed by atoms with Gasteiger partial charge in [-0.25, -0.2) is 0 Å². The van der Waals surface area contributed by atoms with Crippen LogP contribution in [0.25, 0.3) is 0 Å². The van der Waals surface area contributed by atoms with Gasteiger partial charge in [-0.05, 0) is 30.5 Å². The second kappa shape index (κ2) is 9.93. The van der Waals surface area contributed by atoms with Crippen LogP contribution in [0.5, 0.6) is 5.75 Å². The van der Waals surface area contributed by atoms with Gasteiger partial charge in [0.05, 0.1) is 6.61 Å². The molecule has 1 aromatic rings. The van der Waals surface area contributed by atoms with E-state index < -0.39 is 15.6 Å². The van der Waals surface area contributed by atoms with E-state index in [9.17, 15) is 8.42 Å². The van der Waals surface area contributed by atoms with E-state index in [0.717, 1.165) is 6.42 Å². The number of unbranched alkanes of at least 4 members (excludes halogenated alkanes) is 5. The molecule has 1 aliphatic heterocycles. The predicted octanol–water partition coefficient (Wildman–Crippen LogP) is 3.01. The predicted molar refractivity (Wildman–Crippen MR) is 90.0 cm³/mol. The minimum absolute atomic E-state index is 0. The van der Waals surface area contributed by atoms with Gasteiger partial charge in [-0.15, -0.1) is 0 Å². The number of aryl methyl sites for hydroxylation is 1. The van der Waals surface area contributed by atoms with Gasteiger partial charge in [-0.1, -0.05) is 51.2 Å². The zero-order valence-corrected chi connectivity index (χ0v) is 13.4. The summed E-state index contributed by atoms with van der Waals surface area (Å²) in [6.45, 7) is 2.46. The summed E-state index contributed by atoms with van der Waals surface area (Å²) < 4.78 is 32.9. The van der Waals surface area contributed by atoms with Crippen LogP contribution in [-0.2, 0) is 21.3 Å². The third-order valence-corrected chi connectivity index (χ3v) is 4.92. The van der Waals surface area contributed by atoms with Crippen molar-refractivity contribution in [1.29, 1.82) is 0 Å². The first kappa shape index (κ1) is 20.0. The third-order valence-electron chi connectivity index (χ3n) is 3.58. The first-order valence-corrected chi connectivity index (χ1v) is 9.23. The summed E-state index contributed by atoms with van der Waals surface area (Å²) in [4.78, 5) is 0. The van der Waals surface area contributed by atoms with Crippen molar-refractivity contribution < 1.29 is 17.3 Å². The number of ether oxygens (including phenoxy) is 1. The molecule has 2 rings (SSSR count). The van der Waals surface area contributed by atoms with Crippen molar-refractivity contribution in [3.05, 3.63) is 29.8 Å². The number of epoxide rings is 1. The Morgan fingerprint density at radius 2 is 1.68 bits per heavy atom. The summed E-state index contributed by atoms with van der Waals surface area (Å²) in [5.41, 5.74) is 0.443. The van der Waals surface area contributed by atoms with Crippen LogP contribution >= 0.6 is 0 Å². The summed E-state index contributed by atoms with van der Waals surface area (Å²) in [5, 5.41) is 0. The van der Waals surface area contributed by atoms with Gasteiger partial charge in [0.2, 0.25) is 5.44 Å². The molecule has 1 aromatic carbocycles. The average molecular weight is 336 g/mol. The molecule has 0 saturated carbocycles. The zero-order chi connectivity index (χ0) is 15.1. The SMILES string of the molecule is CCCCCCCCc1ccc(OS(=O)(=O)C2CO2)cc1.[NaH]. The maximum atomic E-state index is 11.6. The van der Waals surface area contributed by atoms with Gasteiger partial charge in [0.25, 0.3) is 0 Å². The second-order valence-corrected chi connectivity index (χ2v) is 7.18. The molecular formula is C16H25NaO4S. The molecular weight excluding hydrogens is 311 g/mol. The molecule has 1 aliphatic rings. The van der Waals surface area contributed by atoms with Gasteiger partial charge in [0.15, 0.2) is 0 Å². The van der Waals surface area contributed by atoms with E-state index in [1.807, 2.05) is 12.1 Å². The van der Waals surface area contributed by atoms with Crippen molar-refractivity contribution in [1.82, 2.24) is 0 Å². The summed E-state index contributed by atoms with van der Waals surface area (Å²) >= 11 is 0. The van der Waals surface area contributed by atoms with Crippen molar-refractivity contribution in [2.75, 3.05) is 6.61 Å². The molecule has 1 saturated heterocycles. The molecule has 120 valence electrons. The van der Waals surface area contributed by atoms with Gasteiger partial charge in [-0.3, -0.25) is 0 Å². The Labute approximate surface area is 156 Å². The van der Waals surface area contributed by atoms with Crippen LogP contribution in [0.1, 0.15) is 51.0 Å². The van der Waals surface area contributed by atoms with Gasteiger partial charge in [0.1, 0.15) is 5.75 Å². The van der Waals surface area contributed by atoms with E-state index in [2.05, 4.69) is 6.92 Å². The van der Waals surface area contributed by atoms with Crippen molar-refractivity contribution in [3.8, 4) is 5.75 Å². The van der Waals surface area contributed by atoms with Crippen molar-refractivity contribution in [3.63, 3.8) is 0 Å². The molecule has 0 bridgehead atoms. The fraction of sp³-hybridized carbons (Fsp3) is 0.625. The molecule has 1 heterocycles. The summed E-state index contributed by atoms with van der Waals surface area (Å²) in [6, 6.07) is 7.30.